The second-order valence-electron chi connectivity index (χ2n) is 4.38. The molecule has 1 aliphatic rings. The minimum Gasteiger partial charge on any atom is -0.370 e. The van der Waals surface area contributed by atoms with Crippen molar-refractivity contribution in [2.75, 3.05) is 23.4 Å². The van der Waals surface area contributed by atoms with Crippen LogP contribution in [0.3, 0.4) is 0 Å². The molecule has 1 fully saturated rings. The summed E-state index contributed by atoms with van der Waals surface area (Å²) in [7, 11) is 0. The minimum absolute atomic E-state index is 0.817. The van der Waals surface area contributed by atoms with E-state index in [4.69, 9.17) is 0 Å². The maximum atomic E-state index is 4.39. The third-order valence-corrected chi connectivity index (χ3v) is 3.93. The van der Waals surface area contributed by atoms with Crippen LogP contribution >= 0.6 is 11.8 Å². The van der Waals surface area contributed by atoms with Gasteiger partial charge in [0, 0.05) is 18.3 Å². The molecule has 1 aromatic heterocycles. The number of hydrogen-bond donors (Lipinski definition) is 1. The van der Waals surface area contributed by atoms with E-state index in [0.29, 0.717) is 0 Å². The van der Waals surface area contributed by atoms with Crippen molar-refractivity contribution in [2.24, 2.45) is 5.92 Å². The summed E-state index contributed by atoms with van der Waals surface area (Å²) in [6.07, 6.45) is 2.67. The van der Waals surface area contributed by atoms with Crippen LogP contribution in [0.4, 0.5) is 5.82 Å². The highest BCUT2D eigenvalue weighted by Gasteiger charge is 2.13. The second-order valence-corrected chi connectivity index (χ2v) is 5.60. The Morgan fingerprint density at radius 2 is 2.06 bits per heavy atom. The molecule has 2 heterocycles. The van der Waals surface area contributed by atoms with Gasteiger partial charge >= 0.3 is 0 Å². The molecule has 0 bridgehead atoms. The number of aromatic nitrogens is 2. The lowest BCUT2D eigenvalue weighted by Gasteiger charge is -2.21. The molecule has 1 aliphatic heterocycles. The van der Waals surface area contributed by atoms with Crippen LogP contribution in [0.2, 0.25) is 0 Å². The quantitative estimate of drug-likeness (QED) is 0.877. The molecule has 4 heteroatoms. The Morgan fingerprint density at radius 1 is 1.31 bits per heavy atom. The SMILES string of the molecule is Cc1cc(NCC2CCSCC2)nc(C)n1. The van der Waals surface area contributed by atoms with Gasteiger partial charge in [-0.3, -0.25) is 0 Å². The lowest BCUT2D eigenvalue weighted by atomic mass is 10.0. The number of nitrogens with zero attached hydrogens (tertiary/aromatic N) is 2. The standard InChI is InChI=1S/C12H19N3S/c1-9-7-12(15-10(2)14-9)13-8-11-3-5-16-6-4-11/h7,11H,3-6,8H2,1-2H3,(H,13,14,15). The van der Waals surface area contributed by atoms with Crippen molar-refractivity contribution in [3.63, 3.8) is 0 Å². The summed E-state index contributed by atoms with van der Waals surface area (Å²) < 4.78 is 0. The van der Waals surface area contributed by atoms with Crippen LogP contribution in [0.5, 0.6) is 0 Å². The largest absolute Gasteiger partial charge is 0.370 e. The summed E-state index contributed by atoms with van der Waals surface area (Å²) in [6.45, 7) is 5.00. The van der Waals surface area contributed by atoms with Crippen molar-refractivity contribution >= 4 is 17.6 Å². The molecule has 0 radical (unpaired) electrons. The Hall–Kier alpha value is -0.770. The maximum Gasteiger partial charge on any atom is 0.129 e. The van der Waals surface area contributed by atoms with Crippen molar-refractivity contribution in [1.82, 2.24) is 9.97 Å². The predicted octanol–water partition coefficient (Wildman–Crippen LogP) is 2.65. The third kappa shape index (κ3) is 3.37. The molecule has 3 nitrogen and oxygen atoms in total. The van der Waals surface area contributed by atoms with Crippen LogP contribution in [0.1, 0.15) is 24.4 Å². The lowest BCUT2D eigenvalue weighted by Crippen LogP contribution is -2.19. The molecule has 0 saturated carbocycles. The zero-order chi connectivity index (χ0) is 11.4. The molecule has 0 spiro atoms. The van der Waals surface area contributed by atoms with Gasteiger partial charge in [-0.15, -0.1) is 0 Å². The Labute approximate surface area is 101 Å². The fourth-order valence-corrected chi connectivity index (χ4v) is 3.21. The van der Waals surface area contributed by atoms with E-state index >= 15 is 0 Å². The Kier molecular flexibility index (Phi) is 4.04. The first-order valence-corrected chi connectivity index (χ1v) is 7.03. The first-order valence-electron chi connectivity index (χ1n) is 5.88. The summed E-state index contributed by atoms with van der Waals surface area (Å²) in [4.78, 5) is 8.67. The molecule has 88 valence electrons. The van der Waals surface area contributed by atoms with E-state index in [0.717, 1.165) is 29.8 Å². The van der Waals surface area contributed by atoms with Gasteiger partial charge in [-0.2, -0.15) is 11.8 Å². The summed E-state index contributed by atoms with van der Waals surface area (Å²) in [5.41, 5.74) is 1.04. The van der Waals surface area contributed by atoms with Crippen molar-refractivity contribution in [3.05, 3.63) is 17.6 Å². The van der Waals surface area contributed by atoms with Crippen molar-refractivity contribution < 1.29 is 0 Å². The van der Waals surface area contributed by atoms with Gasteiger partial charge in [0.25, 0.3) is 0 Å². The second kappa shape index (κ2) is 5.53. The Morgan fingerprint density at radius 3 is 2.75 bits per heavy atom. The van der Waals surface area contributed by atoms with Crippen LogP contribution in [0.15, 0.2) is 6.07 Å². The molecule has 1 aromatic rings. The molecular formula is C12H19N3S. The fourth-order valence-electron chi connectivity index (χ4n) is 2.01. The van der Waals surface area contributed by atoms with Crippen LogP contribution < -0.4 is 5.32 Å². The number of rotatable bonds is 3. The van der Waals surface area contributed by atoms with Crippen molar-refractivity contribution in [1.29, 1.82) is 0 Å². The van der Waals surface area contributed by atoms with Gasteiger partial charge in [0.1, 0.15) is 11.6 Å². The summed E-state index contributed by atoms with van der Waals surface area (Å²) >= 11 is 2.07. The Bertz CT molecular complexity index is 328. The summed E-state index contributed by atoms with van der Waals surface area (Å²) in [6, 6.07) is 2.02. The zero-order valence-electron chi connectivity index (χ0n) is 9.99. The van der Waals surface area contributed by atoms with Gasteiger partial charge < -0.3 is 5.32 Å². The number of aryl methyl sites for hydroxylation is 2. The van der Waals surface area contributed by atoms with E-state index in [1.165, 1.54) is 24.3 Å². The van der Waals surface area contributed by atoms with Crippen molar-refractivity contribution in [2.45, 2.75) is 26.7 Å². The van der Waals surface area contributed by atoms with Crippen molar-refractivity contribution in [3.8, 4) is 0 Å². The first kappa shape index (κ1) is 11.7. The third-order valence-electron chi connectivity index (χ3n) is 2.88. The molecule has 0 amide bonds. The normalized spacial score (nSPS) is 17.4. The van der Waals surface area contributed by atoms with Crippen LogP contribution in [-0.2, 0) is 0 Å². The Balaban J connectivity index is 1.88. The van der Waals surface area contributed by atoms with E-state index in [2.05, 4.69) is 27.0 Å². The molecule has 2 rings (SSSR count). The minimum atomic E-state index is 0.817. The van der Waals surface area contributed by atoms with Crippen LogP contribution in [0, 0.1) is 19.8 Å². The highest BCUT2D eigenvalue weighted by molar-refractivity contribution is 7.99. The molecule has 0 atom stereocenters. The maximum absolute atomic E-state index is 4.39. The lowest BCUT2D eigenvalue weighted by molar-refractivity contribution is 0.515. The average Bonchev–Trinajstić information content (AvgIpc) is 2.27. The molecular weight excluding hydrogens is 218 g/mol. The van der Waals surface area contributed by atoms with Crippen LogP contribution in [-0.4, -0.2) is 28.0 Å². The molecule has 16 heavy (non-hydrogen) atoms. The van der Waals surface area contributed by atoms with Gasteiger partial charge in [-0.05, 0) is 44.1 Å². The molecule has 0 aromatic carbocycles. The smallest absolute Gasteiger partial charge is 0.129 e. The van der Waals surface area contributed by atoms with Gasteiger partial charge in [-0.1, -0.05) is 0 Å². The number of hydrogen-bond acceptors (Lipinski definition) is 4. The zero-order valence-corrected chi connectivity index (χ0v) is 10.8. The van der Waals surface area contributed by atoms with E-state index in [-0.39, 0.29) is 0 Å². The topological polar surface area (TPSA) is 37.8 Å². The van der Waals surface area contributed by atoms with Gasteiger partial charge in [0.2, 0.25) is 0 Å². The van der Waals surface area contributed by atoms with E-state index in [1.54, 1.807) is 0 Å². The molecule has 1 saturated heterocycles. The summed E-state index contributed by atoms with van der Waals surface area (Å²) in [5, 5.41) is 3.44. The van der Waals surface area contributed by atoms with Gasteiger partial charge in [0.15, 0.2) is 0 Å². The van der Waals surface area contributed by atoms with E-state index < -0.39 is 0 Å². The molecule has 0 aliphatic carbocycles. The number of nitrogens with one attached hydrogen (secondary N) is 1. The predicted molar refractivity (Wildman–Crippen MR) is 70.0 cm³/mol. The molecule has 1 N–H and O–H groups in total. The van der Waals surface area contributed by atoms with Gasteiger partial charge in [0.05, 0.1) is 0 Å². The highest BCUT2D eigenvalue weighted by Crippen LogP contribution is 2.22. The monoisotopic (exact) mass is 237 g/mol. The van der Waals surface area contributed by atoms with Gasteiger partial charge in [-0.25, -0.2) is 9.97 Å². The number of anilines is 1. The number of thioether (sulfide) groups is 1. The average molecular weight is 237 g/mol. The molecule has 0 unspecified atom stereocenters. The van der Waals surface area contributed by atoms with E-state index in [9.17, 15) is 0 Å². The van der Waals surface area contributed by atoms with Crippen LogP contribution in [0.25, 0.3) is 0 Å². The highest BCUT2D eigenvalue weighted by atomic mass is 32.2. The van der Waals surface area contributed by atoms with E-state index in [1.807, 2.05) is 19.9 Å². The summed E-state index contributed by atoms with van der Waals surface area (Å²) in [5.74, 6) is 5.27. The first-order chi connectivity index (χ1) is 7.74. The fraction of sp³-hybridized carbons (Fsp3) is 0.667.